The zero-order valence-corrected chi connectivity index (χ0v) is 17.5. The summed E-state index contributed by atoms with van der Waals surface area (Å²) in [6.45, 7) is 0. The third kappa shape index (κ3) is 4.22. The minimum Gasteiger partial charge on any atom is -0.477 e. The number of hydrogen-bond donors (Lipinski definition) is 2. The second kappa shape index (κ2) is 8.93. The van der Waals surface area contributed by atoms with Crippen LogP contribution in [0.15, 0.2) is 65.5 Å². The molecular weight excluding hydrogens is 422 g/mol. The number of nitrogens with one attached hydrogen (secondary N) is 1. The van der Waals surface area contributed by atoms with Crippen LogP contribution in [0.3, 0.4) is 0 Å². The van der Waals surface area contributed by atoms with Crippen LogP contribution in [0, 0.1) is 0 Å². The summed E-state index contributed by atoms with van der Waals surface area (Å²) in [6.07, 6.45) is 3.60. The lowest BCUT2D eigenvalue weighted by Gasteiger charge is -2.49. The monoisotopic (exact) mass is 441 g/mol. The highest BCUT2D eigenvalue weighted by Gasteiger charge is 2.54. The van der Waals surface area contributed by atoms with E-state index >= 15 is 0 Å². The molecule has 0 saturated carbocycles. The second-order valence-corrected chi connectivity index (χ2v) is 9.02. The number of pyridine rings is 1. The van der Waals surface area contributed by atoms with Crippen LogP contribution in [-0.2, 0) is 26.6 Å². The van der Waals surface area contributed by atoms with E-state index in [4.69, 9.17) is 0 Å². The Morgan fingerprint density at radius 2 is 1.97 bits per heavy atom. The molecule has 7 nitrogen and oxygen atoms in total. The summed E-state index contributed by atoms with van der Waals surface area (Å²) in [5.41, 5.74) is 1.86. The Bertz CT molecular complexity index is 998. The van der Waals surface area contributed by atoms with E-state index in [1.807, 2.05) is 42.5 Å². The third-order valence-electron chi connectivity index (χ3n) is 4.80. The van der Waals surface area contributed by atoms with E-state index in [9.17, 15) is 19.5 Å². The Hall–Kier alpha value is -2.78. The van der Waals surface area contributed by atoms with E-state index in [0.717, 1.165) is 11.1 Å². The van der Waals surface area contributed by atoms with E-state index in [0.29, 0.717) is 16.4 Å². The maximum Gasteiger partial charge on any atom is 0.353 e. The number of carboxylic acids is 1. The minimum atomic E-state index is -1.13. The molecule has 2 amide bonds. The van der Waals surface area contributed by atoms with Crippen molar-refractivity contribution >= 4 is 41.3 Å². The molecule has 1 aromatic carbocycles. The SMILES string of the molecule is O=C(Cc1ccccc1)N[C@@H]1C(=O)N2C(C(=O)O)=C(SCc3cccnc3)CS[C@@H]12. The van der Waals surface area contributed by atoms with Gasteiger partial charge < -0.3 is 10.4 Å². The summed E-state index contributed by atoms with van der Waals surface area (Å²) in [5, 5.41) is 12.1. The highest BCUT2D eigenvalue weighted by atomic mass is 32.2. The largest absolute Gasteiger partial charge is 0.477 e. The fourth-order valence-corrected chi connectivity index (χ4v) is 5.93. The fourth-order valence-electron chi connectivity index (χ4n) is 3.36. The quantitative estimate of drug-likeness (QED) is 0.636. The highest BCUT2D eigenvalue weighted by Crippen LogP contribution is 2.44. The van der Waals surface area contributed by atoms with Crippen molar-refractivity contribution in [2.75, 3.05) is 5.75 Å². The molecule has 3 heterocycles. The van der Waals surface area contributed by atoms with Gasteiger partial charge >= 0.3 is 5.97 Å². The number of carboxylic acid groups (broad SMARTS) is 1. The molecule has 0 spiro atoms. The average Bonchev–Trinajstić information content (AvgIpc) is 2.76. The fraction of sp³-hybridized carbons (Fsp3) is 0.238. The molecule has 30 heavy (non-hydrogen) atoms. The standard InChI is InChI=1S/C21H19N3O4S2/c25-16(9-13-5-2-1-3-6-13)23-17-19(26)24-18(21(27)28)15(12-30-20(17)24)29-11-14-7-4-8-22-10-14/h1-8,10,17,20H,9,11-12H2,(H,23,25)(H,27,28)/t17-,20+/m1/s1. The molecule has 154 valence electrons. The first-order valence-electron chi connectivity index (χ1n) is 9.30. The van der Waals surface area contributed by atoms with Crippen LogP contribution in [0.5, 0.6) is 0 Å². The predicted octanol–water partition coefficient (Wildman–Crippen LogP) is 2.25. The molecule has 2 aliphatic heterocycles. The molecule has 2 N–H and O–H groups in total. The molecule has 0 bridgehead atoms. The van der Waals surface area contributed by atoms with Crippen LogP contribution in [0.4, 0.5) is 0 Å². The Morgan fingerprint density at radius 1 is 1.20 bits per heavy atom. The van der Waals surface area contributed by atoms with Crippen LogP contribution in [0.1, 0.15) is 11.1 Å². The number of β-lactam (4-membered cyclic amide) rings is 1. The second-order valence-electron chi connectivity index (χ2n) is 6.84. The topological polar surface area (TPSA) is 99.6 Å². The molecule has 1 fully saturated rings. The number of hydrogen-bond acceptors (Lipinski definition) is 6. The van der Waals surface area contributed by atoms with Crippen molar-refractivity contribution in [1.29, 1.82) is 0 Å². The minimum absolute atomic E-state index is 0.0196. The molecule has 2 aliphatic rings. The highest BCUT2D eigenvalue weighted by molar-refractivity contribution is 8.05. The molecule has 4 rings (SSSR count). The average molecular weight is 442 g/mol. The number of benzene rings is 1. The van der Waals surface area contributed by atoms with Crippen molar-refractivity contribution < 1.29 is 19.5 Å². The van der Waals surface area contributed by atoms with Gasteiger partial charge in [-0.2, -0.15) is 0 Å². The van der Waals surface area contributed by atoms with E-state index in [2.05, 4.69) is 10.3 Å². The predicted molar refractivity (Wildman–Crippen MR) is 115 cm³/mol. The van der Waals surface area contributed by atoms with Crippen LogP contribution in [0.25, 0.3) is 0 Å². The van der Waals surface area contributed by atoms with Crippen molar-refractivity contribution in [3.05, 3.63) is 76.6 Å². The summed E-state index contributed by atoms with van der Waals surface area (Å²) in [7, 11) is 0. The van der Waals surface area contributed by atoms with Gasteiger partial charge in [0.1, 0.15) is 17.1 Å². The lowest BCUT2D eigenvalue weighted by Crippen LogP contribution is -2.70. The molecule has 1 saturated heterocycles. The summed E-state index contributed by atoms with van der Waals surface area (Å²) >= 11 is 2.87. The molecule has 1 aromatic heterocycles. The van der Waals surface area contributed by atoms with Crippen molar-refractivity contribution in [2.45, 2.75) is 23.6 Å². The lowest BCUT2D eigenvalue weighted by atomic mass is 10.0. The van der Waals surface area contributed by atoms with Gasteiger partial charge in [0.25, 0.3) is 5.91 Å². The molecule has 0 radical (unpaired) electrons. The number of fused-ring (bicyclic) bond motifs is 1. The first-order chi connectivity index (χ1) is 14.5. The van der Waals surface area contributed by atoms with Crippen LogP contribution >= 0.6 is 23.5 Å². The molecule has 0 aliphatic carbocycles. The van der Waals surface area contributed by atoms with Crippen LogP contribution in [0.2, 0.25) is 0 Å². The maximum atomic E-state index is 12.7. The van der Waals surface area contributed by atoms with Crippen LogP contribution in [-0.4, -0.2) is 49.9 Å². The van der Waals surface area contributed by atoms with Gasteiger partial charge in [0.2, 0.25) is 5.91 Å². The normalized spacial score (nSPS) is 20.4. The van der Waals surface area contributed by atoms with Crippen molar-refractivity contribution in [3.8, 4) is 0 Å². The summed E-state index contributed by atoms with van der Waals surface area (Å²) in [6, 6.07) is 12.3. The van der Waals surface area contributed by atoms with Gasteiger partial charge in [-0.05, 0) is 17.2 Å². The van der Waals surface area contributed by atoms with E-state index in [-0.39, 0.29) is 23.9 Å². The number of amides is 2. The summed E-state index contributed by atoms with van der Waals surface area (Å²) in [4.78, 5) is 43.0. The van der Waals surface area contributed by atoms with Gasteiger partial charge in [-0.1, -0.05) is 36.4 Å². The maximum absolute atomic E-state index is 12.7. The van der Waals surface area contributed by atoms with Crippen molar-refractivity contribution in [3.63, 3.8) is 0 Å². The van der Waals surface area contributed by atoms with E-state index in [1.165, 1.54) is 28.4 Å². The number of nitrogens with zero attached hydrogens (tertiary/aromatic N) is 2. The molecular formula is C21H19N3O4S2. The Labute approximate surface area is 181 Å². The molecule has 2 atom stereocenters. The van der Waals surface area contributed by atoms with Gasteiger partial charge in [-0.3, -0.25) is 19.5 Å². The number of carbonyl (C=O) groups excluding carboxylic acids is 2. The Kier molecular flexibility index (Phi) is 6.10. The van der Waals surface area contributed by atoms with E-state index in [1.54, 1.807) is 12.4 Å². The lowest BCUT2D eigenvalue weighted by molar-refractivity contribution is -0.150. The van der Waals surface area contributed by atoms with Gasteiger partial charge in [0.05, 0.1) is 6.42 Å². The van der Waals surface area contributed by atoms with Crippen molar-refractivity contribution in [1.82, 2.24) is 15.2 Å². The van der Waals surface area contributed by atoms with Crippen molar-refractivity contribution in [2.24, 2.45) is 0 Å². The number of aliphatic carboxylic acids is 1. The van der Waals surface area contributed by atoms with E-state index < -0.39 is 17.4 Å². The Balaban J connectivity index is 1.43. The number of carbonyl (C=O) groups is 3. The first-order valence-corrected chi connectivity index (χ1v) is 11.3. The molecule has 9 heteroatoms. The zero-order valence-electron chi connectivity index (χ0n) is 15.9. The van der Waals surface area contributed by atoms with Gasteiger partial charge in [0, 0.05) is 28.8 Å². The zero-order chi connectivity index (χ0) is 21.1. The van der Waals surface area contributed by atoms with Crippen LogP contribution < -0.4 is 5.32 Å². The number of aromatic nitrogens is 1. The molecule has 2 aromatic rings. The Morgan fingerprint density at radius 3 is 2.67 bits per heavy atom. The number of thioether (sulfide) groups is 2. The van der Waals surface area contributed by atoms with Gasteiger partial charge in [0.15, 0.2) is 0 Å². The third-order valence-corrected chi connectivity index (χ3v) is 7.42. The van der Waals surface area contributed by atoms with Gasteiger partial charge in [-0.15, -0.1) is 23.5 Å². The molecule has 0 unspecified atom stereocenters. The summed E-state index contributed by atoms with van der Waals surface area (Å²) < 4.78 is 0. The number of rotatable bonds is 7. The smallest absolute Gasteiger partial charge is 0.353 e. The van der Waals surface area contributed by atoms with Gasteiger partial charge in [-0.25, -0.2) is 4.79 Å². The summed E-state index contributed by atoms with van der Waals surface area (Å²) in [5.74, 6) is -0.712. The first kappa shape index (κ1) is 20.5.